The number of nitrogens with one attached hydrogen (secondary N) is 2. The lowest BCUT2D eigenvalue weighted by Gasteiger charge is -2.02. The van der Waals surface area contributed by atoms with Crippen LogP contribution >= 0.6 is 0 Å². The van der Waals surface area contributed by atoms with Gasteiger partial charge in [-0.05, 0) is 24.3 Å². The van der Waals surface area contributed by atoms with E-state index in [1.54, 1.807) is 18.2 Å². The molecule has 0 atom stereocenters. The smallest absolute Gasteiger partial charge is 0.262 e. The third-order valence-electron chi connectivity index (χ3n) is 3.22. The highest BCUT2D eigenvalue weighted by Crippen LogP contribution is 2.23. The minimum absolute atomic E-state index is 0.296. The van der Waals surface area contributed by atoms with Gasteiger partial charge in [0, 0.05) is 0 Å². The van der Waals surface area contributed by atoms with Gasteiger partial charge in [0.2, 0.25) is 0 Å². The molecule has 0 radical (unpaired) electrons. The van der Waals surface area contributed by atoms with Gasteiger partial charge in [0.05, 0.1) is 21.8 Å². The molecule has 0 aliphatic carbocycles. The van der Waals surface area contributed by atoms with Crippen molar-refractivity contribution in [3.8, 4) is 0 Å². The normalized spacial score (nSPS) is 11.6. The zero-order chi connectivity index (χ0) is 13.0. The first-order chi connectivity index (χ1) is 9.24. The maximum atomic E-state index is 11.8. The second-order valence-electron chi connectivity index (χ2n) is 4.37. The van der Waals surface area contributed by atoms with Crippen LogP contribution < -0.4 is 11.1 Å². The number of benzene rings is 2. The van der Waals surface area contributed by atoms with Crippen LogP contribution in [0.5, 0.6) is 0 Å². The fourth-order valence-corrected chi connectivity index (χ4v) is 2.35. The van der Waals surface area contributed by atoms with Crippen molar-refractivity contribution in [3.05, 3.63) is 57.1 Å². The summed E-state index contributed by atoms with van der Waals surface area (Å²) in [7, 11) is 0. The number of aromatic nitrogens is 2. The number of rotatable bonds is 0. The molecule has 92 valence electrons. The van der Waals surface area contributed by atoms with E-state index in [0.717, 1.165) is 5.52 Å². The van der Waals surface area contributed by atoms with Crippen molar-refractivity contribution < 1.29 is 4.42 Å². The Kier molecular flexibility index (Phi) is 1.79. The fourth-order valence-electron chi connectivity index (χ4n) is 2.35. The van der Waals surface area contributed by atoms with E-state index >= 15 is 0 Å². The molecule has 0 spiro atoms. The fraction of sp³-hybridized carbons (Fsp3) is 0. The molecule has 19 heavy (non-hydrogen) atoms. The van der Waals surface area contributed by atoms with E-state index in [4.69, 9.17) is 4.42 Å². The van der Waals surface area contributed by atoms with Gasteiger partial charge in [0.25, 0.3) is 11.1 Å². The molecule has 0 fully saturated rings. The average molecular weight is 252 g/mol. The first-order valence-corrected chi connectivity index (χ1v) is 5.80. The van der Waals surface area contributed by atoms with Crippen molar-refractivity contribution in [2.45, 2.75) is 0 Å². The Morgan fingerprint density at radius 2 is 1.68 bits per heavy atom. The highest BCUT2D eigenvalue weighted by Gasteiger charge is 2.12. The molecule has 0 saturated carbocycles. The molecule has 5 heteroatoms. The summed E-state index contributed by atoms with van der Waals surface area (Å²) in [6.07, 6.45) is 0. The monoisotopic (exact) mass is 252 g/mol. The molecule has 4 aromatic rings. The predicted molar refractivity (Wildman–Crippen MR) is 72.5 cm³/mol. The standard InChI is InChI=1S/C14H8N2O3/c17-13-7-5-6-9-12(11(7)14(18)16-13)19-10-4-2-1-3-8(10)15-9/h1-6,15H,(H,16,17,18). The lowest BCUT2D eigenvalue weighted by molar-refractivity contribution is 0.660. The maximum absolute atomic E-state index is 11.8. The lowest BCUT2D eigenvalue weighted by atomic mass is 10.2. The van der Waals surface area contributed by atoms with Gasteiger partial charge < -0.3 is 9.40 Å². The summed E-state index contributed by atoms with van der Waals surface area (Å²) in [5, 5.41) is 0.648. The number of fused-ring (bicyclic) bond motifs is 4. The Morgan fingerprint density at radius 3 is 2.58 bits per heavy atom. The van der Waals surface area contributed by atoms with Gasteiger partial charge in [-0.1, -0.05) is 12.1 Å². The minimum Gasteiger partial charge on any atom is -0.452 e. The van der Waals surface area contributed by atoms with Gasteiger partial charge in [-0.15, -0.1) is 0 Å². The van der Waals surface area contributed by atoms with Crippen molar-refractivity contribution >= 4 is 33.0 Å². The second kappa shape index (κ2) is 3.35. The van der Waals surface area contributed by atoms with Crippen LogP contribution in [-0.4, -0.2) is 9.97 Å². The summed E-state index contributed by atoms with van der Waals surface area (Å²) >= 11 is 0. The highest BCUT2D eigenvalue weighted by atomic mass is 16.3. The molecule has 4 rings (SSSR count). The molecule has 0 aliphatic heterocycles. The van der Waals surface area contributed by atoms with E-state index in [0.29, 0.717) is 27.5 Å². The summed E-state index contributed by atoms with van der Waals surface area (Å²) in [5.74, 6) is 0. The summed E-state index contributed by atoms with van der Waals surface area (Å²) in [4.78, 5) is 28.9. The summed E-state index contributed by atoms with van der Waals surface area (Å²) < 4.78 is 5.76. The molecule has 2 aromatic carbocycles. The molecular formula is C14H8N2O3. The number of para-hydroxylation sites is 2. The van der Waals surface area contributed by atoms with E-state index < -0.39 is 5.56 Å². The quantitative estimate of drug-likeness (QED) is 0.470. The lowest BCUT2D eigenvalue weighted by Crippen LogP contribution is -2.05. The molecule has 0 saturated heterocycles. The molecule has 2 aromatic heterocycles. The number of H-pyrrole nitrogens is 2. The van der Waals surface area contributed by atoms with Gasteiger partial charge in [-0.25, -0.2) is 0 Å². The Bertz CT molecular complexity index is 1050. The van der Waals surface area contributed by atoms with Crippen LogP contribution in [0.15, 0.2) is 50.4 Å². The zero-order valence-electron chi connectivity index (χ0n) is 9.69. The number of aromatic amines is 2. The SMILES string of the molecule is O=c1[nH]c(=O)c2c1ccc1[nH]c3ccccc3oc12. The average Bonchev–Trinajstić information content (AvgIpc) is 2.72. The van der Waals surface area contributed by atoms with Crippen LogP contribution in [0.1, 0.15) is 0 Å². The van der Waals surface area contributed by atoms with Crippen LogP contribution in [-0.2, 0) is 0 Å². The van der Waals surface area contributed by atoms with Gasteiger partial charge in [-0.3, -0.25) is 14.6 Å². The molecule has 0 unspecified atom stereocenters. The Labute approximate surface area is 105 Å². The van der Waals surface area contributed by atoms with E-state index in [-0.39, 0.29) is 5.56 Å². The highest BCUT2D eigenvalue weighted by molar-refractivity contribution is 6.03. The van der Waals surface area contributed by atoms with E-state index in [1.807, 2.05) is 18.2 Å². The Morgan fingerprint density at radius 1 is 0.842 bits per heavy atom. The van der Waals surface area contributed by atoms with Gasteiger partial charge >= 0.3 is 0 Å². The van der Waals surface area contributed by atoms with E-state index in [9.17, 15) is 9.59 Å². The maximum Gasteiger partial charge on any atom is 0.262 e. The summed E-state index contributed by atoms with van der Waals surface area (Å²) in [5.41, 5.74) is 1.75. The van der Waals surface area contributed by atoms with Gasteiger partial charge in [0.15, 0.2) is 11.2 Å². The third-order valence-corrected chi connectivity index (χ3v) is 3.22. The molecule has 2 N–H and O–H groups in total. The van der Waals surface area contributed by atoms with Crippen molar-refractivity contribution in [2.75, 3.05) is 0 Å². The number of hydrogen-bond acceptors (Lipinski definition) is 3. The van der Waals surface area contributed by atoms with E-state index in [1.165, 1.54) is 0 Å². The Hall–Kier alpha value is -2.82. The van der Waals surface area contributed by atoms with Crippen molar-refractivity contribution in [2.24, 2.45) is 0 Å². The molecule has 5 nitrogen and oxygen atoms in total. The molecular weight excluding hydrogens is 244 g/mol. The molecule has 0 bridgehead atoms. The summed E-state index contributed by atoms with van der Waals surface area (Å²) in [6, 6.07) is 10.8. The second-order valence-corrected chi connectivity index (χ2v) is 4.37. The van der Waals surface area contributed by atoms with Gasteiger partial charge in [0.1, 0.15) is 0 Å². The first kappa shape index (κ1) is 10.1. The van der Waals surface area contributed by atoms with Crippen molar-refractivity contribution in [3.63, 3.8) is 0 Å². The van der Waals surface area contributed by atoms with Crippen molar-refractivity contribution in [1.29, 1.82) is 0 Å². The summed E-state index contributed by atoms with van der Waals surface area (Å²) in [6.45, 7) is 0. The molecule has 0 aliphatic rings. The first-order valence-electron chi connectivity index (χ1n) is 5.80. The molecule has 2 heterocycles. The van der Waals surface area contributed by atoms with E-state index in [2.05, 4.69) is 9.97 Å². The third kappa shape index (κ3) is 1.29. The minimum atomic E-state index is -0.418. The topological polar surface area (TPSA) is 78.9 Å². The predicted octanol–water partition coefficient (Wildman–Crippen LogP) is 2.12. The number of hydrogen-bond donors (Lipinski definition) is 2. The van der Waals surface area contributed by atoms with Crippen LogP contribution in [0.3, 0.4) is 0 Å². The van der Waals surface area contributed by atoms with Crippen LogP contribution in [0.2, 0.25) is 0 Å². The zero-order valence-corrected chi connectivity index (χ0v) is 9.69. The van der Waals surface area contributed by atoms with Crippen LogP contribution in [0, 0.1) is 0 Å². The largest absolute Gasteiger partial charge is 0.452 e. The van der Waals surface area contributed by atoms with Gasteiger partial charge in [-0.2, -0.15) is 0 Å². The molecule has 0 amide bonds. The van der Waals surface area contributed by atoms with Crippen LogP contribution in [0.25, 0.3) is 33.0 Å². The van der Waals surface area contributed by atoms with Crippen LogP contribution in [0.4, 0.5) is 0 Å². The Balaban J connectivity index is 2.36. The van der Waals surface area contributed by atoms with Crippen molar-refractivity contribution in [1.82, 2.24) is 9.97 Å².